The van der Waals surface area contributed by atoms with Crippen LogP contribution in [0.3, 0.4) is 0 Å². The van der Waals surface area contributed by atoms with Gasteiger partial charge in [0.2, 0.25) is 21.8 Å². The van der Waals surface area contributed by atoms with E-state index in [1.807, 2.05) is 19.9 Å². The van der Waals surface area contributed by atoms with Crippen molar-refractivity contribution in [2.45, 2.75) is 74.9 Å². The second-order valence-corrected chi connectivity index (χ2v) is 12.0. The number of nitrogens with zero attached hydrogens (tertiary/aromatic N) is 2. The Balaban J connectivity index is 1.51. The number of pyridine rings is 1. The molecule has 1 aliphatic carbocycles. The standard InChI is InChI=1S/C26H34N4O5S/c1-19(2)17-22(24(31)28-26(13-14-26)20-9-8-15-29(33)18-20)27-25(32)23-12-6-7-16-30(23)36(34,35)21-10-4-3-5-11-21/h3-5,8-11,15,18-19,22-23H,6-7,12-14,16-17H2,1-2H3,(H,27,32)(H,28,31)/t22-,23-/m1/s1. The molecule has 1 aromatic carbocycles. The molecule has 36 heavy (non-hydrogen) atoms. The van der Waals surface area contributed by atoms with Gasteiger partial charge >= 0.3 is 0 Å². The summed E-state index contributed by atoms with van der Waals surface area (Å²) < 4.78 is 28.6. The molecule has 1 aliphatic heterocycles. The van der Waals surface area contributed by atoms with Crippen LogP contribution in [-0.2, 0) is 25.2 Å². The average Bonchev–Trinajstić information content (AvgIpc) is 3.64. The molecule has 4 rings (SSSR count). The molecule has 10 heteroatoms. The molecule has 0 radical (unpaired) electrons. The van der Waals surface area contributed by atoms with E-state index in [0.717, 1.165) is 12.0 Å². The van der Waals surface area contributed by atoms with Crippen LogP contribution in [0.25, 0.3) is 0 Å². The summed E-state index contributed by atoms with van der Waals surface area (Å²) in [7, 11) is -3.85. The molecule has 1 saturated heterocycles. The van der Waals surface area contributed by atoms with E-state index in [-0.39, 0.29) is 23.3 Å². The van der Waals surface area contributed by atoms with Crippen molar-refractivity contribution in [1.82, 2.24) is 14.9 Å². The van der Waals surface area contributed by atoms with Crippen molar-refractivity contribution in [2.24, 2.45) is 5.92 Å². The molecule has 1 aromatic heterocycles. The first-order valence-corrected chi connectivity index (χ1v) is 13.9. The highest BCUT2D eigenvalue weighted by Crippen LogP contribution is 2.45. The summed E-state index contributed by atoms with van der Waals surface area (Å²) in [6.07, 6.45) is 6.46. The normalized spacial score (nSPS) is 20.5. The van der Waals surface area contributed by atoms with E-state index < -0.39 is 33.6 Å². The summed E-state index contributed by atoms with van der Waals surface area (Å²) in [5.74, 6) is -0.673. The van der Waals surface area contributed by atoms with Gasteiger partial charge in [-0.3, -0.25) is 9.59 Å². The number of rotatable bonds is 9. The lowest BCUT2D eigenvalue weighted by Crippen LogP contribution is -2.57. The van der Waals surface area contributed by atoms with Crippen LogP contribution in [0.1, 0.15) is 57.9 Å². The highest BCUT2D eigenvalue weighted by molar-refractivity contribution is 7.89. The first-order valence-electron chi connectivity index (χ1n) is 12.5. The van der Waals surface area contributed by atoms with Crippen molar-refractivity contribution in [3.8, 4) is 0 Å². The molecular formula is C26H34N4O5S. The van der Waals surface area contributed by atoms with Crippen molar-refractivity contribution < 1.29 is 22.7 Å². The maximum atomic E-state index is 13.4. The van der Waals surface area contributed by atoms with Crippen LogP contribution in [0.15, 0.2) is 59.8 Å². The van der Waals surface area contributed by atoms with Gasteiger partial charge in [0.25, 0.3) is 0 Å². The molecule has 2 N–H and O–H groups in total. The summed E-state index contributed by atoms with van der Waals surface area (Å²) >= 11 is 0. The largest absolute Gasteiger partial charge is 0.619 e. The zero-order valence-electron chi connectivity index (χ0n) is 20.7. The predicted molar refractivity (Wildman–Crippen MR) is 134 cm³/mol. The molecule has 2 amide bonds. The van der Waals surface area contributed by atoms with Gasteiger partial charge < -0.3 is 15.8 Å². The molecule has 2 fully saturated rings. The molecule has 194 valence electrons. The summed E-state index contributed by atoms with van der Waals surface area (Å²) in [6.45, 7) is 4.18. The van der Waals surface area contributed by atoms with Crippen molar-refractivity contribution in [1.29, 1.82) is 0 Å². The summed E-state index contributed by atoms with van der Waals surface area (Å²) in [4.78, 5) is 27.0. The first-order chi connectivity index (χ1) is 17.1. The van der Waals surface area contributed by atoms with Crippen molar-refractivity contribution in [3.63, 3.8) is 0 Å². The van der Waals surface area contributed by atoms with Crippen LogP contribution < -0.4 is 15.4 Å². The predicted octanol–water partition coefficient (Wildman–Crippen LogP) is 2.20. The van der Waals surface area contributed by atoms with Crippen LogP contribution in [-0.4, -0.2) is 43.2 Å². The lowest BCUT2D eigenvalue weighted by Gasteiger charge is -2.35. The van der Waals surface area contributed by atoms with Crippen LogP contribution in [0, 0.1) is 11.1 Å². The second kappa shape index (κ2) is 10.6. The third-order valence-corrected chi connectivity index (χ3v) is 8.81. The number of hydrogen-bond donors (Lipinski definition) is 2. The molecule has 2 atom stereocenters. The number of benzene rings is 1. The SMILES string of the molecule is CC(C)C[C@@H](NC(=O)[C@H]1CCCCN1S(=O)(=O)c1ccccc1)C(=O)NC1(c2ccc[n+]([O-])c2)CC1. The van der Waals surface area contributed by atoms with Gasteiger partial charge in [0.15, 0.2) is 12.4 Å². The van der Waals surface area contributed by atoms with Gasteiger partial charge in [-0.15, -0.1) is 0 Å². The molecule has 9 nitrogen and oxygen atoms in total. The lowest BCUT2D eigenvalue weighted by molar-refractivity contribution is -0.606. The fourth-order valence-electron chi connectivity index (χ4n) is 4.82. The highest BCUT2D eigenvalue weighted by atomic mass is 32.2. The van der Waals surface area contributed by atoms with E-state index >= 15 is 0 Å². The van der Waals surface area contributed by atoms with E-state index in [0.29, 0.717) is 36.8 Å². The maximum Gasteiger partial charge on any atom is 0.243 e. The molecule has 0 unspecified atom stereocenters. The van der Waals surface area contributed by atoms with Gasteiger partial charge in [0, 0.05) is 18.2 Å². The topological polar surface area (TPSA) is 123 Å². The van der Waals surface area contributed by atoms with E-state index in [2.05, 4.69) is 10.6 Å². The Morgan fingerprint density at radius 2 is 1.86 bits per heavy atom. The first kappa shape index (κ1) is 26.1. The third kappa shape index (κ3) is 5.70. The molecule has 2 aliphatic rings. The Morgan fingerprint density at radius 1 is 1.14 bits per heavy atom. The minimum atomic E-state index is -3.85. The number of piperidine rings is 1. The van der Waals surface area contributed by atoms with E-state index in [9.17, 15) is 23.2 Å². The Bertz CT molecular complexity index is 1200. The molecule has 2 heterocycles. The average molecular weight is 515 g/mol. The summed E-state index contributed by atoms with van der Waals surface area (Å²) in [5, 5.41) is 17.7. The zero-order valence-corrected chi connectivity index (χ0v) is 21.5. The Kier molecular flexibility index (Phi) is 7.65. The number of carbonyl (C=O) groups is 2. The van der Waals surface area contributed by atoms with Gasteiger partial charge in [0.05, 0.1) is 10.4 Å². The minimum absolute atomic E-state index is 0.118. The van der Waals surface area contributed by atoms with Gasteiger partial charge in [-0.25, -0.2) is 8.42 Å². The maximum absolute atomic E-state index is 13.4. The fourth-order valence-corrected chi connectivity index (χ4v) is 6.50. The van der Waals surface area contributed by atoms with E-state index in [4.69, 9.17) is 0 Å². The Labute approximate surface area is 212 Å². The minimum Gasteiger partial charge on any atom is -0.619 e. The van der Waals surface area contributed by atoms with E-state index in [1.165, 1.54) is 28.8 Å². The quantitative estimate of drug-likeness (QED) is 0.392. The number of aromatic nitrogens is 1. The molecule has 2 aromatic rings. The van der Waals surface area contributed by atoms with Gasteiger partial charge in [-0.2, -0.15) is 9.04 Å². The van der Waals surface area contributed by atoms with Crippen LogP contribution in [0.5, 0.6) is 0 Å². The number of amides is 2. The molecule has 0 spiro atoms. The number of carbonyl (C=O) groups excluding carboxylic acids is 2. The third-order valence-electron chi connectivity index (χ3n) is 6.89. The van der Waals surface area contributed by atoms with Crippen molar-refractivity contribution in [2.75, 3.05) is 6.54 Å². The van der Waals surface area contributed by atoms with Gasteiger partial charge in [-0.1, -0.05) is 38.5 Å². The number of sulfonamides is 1. The Hall–Kier alpha value is -2.98. The highest BCUT2D eigenvalue weighted by Gasteiger charge is 2.48. The van der Waals surface area contributed by atoms with Crippen molar-refractivity contribution in [3.05, 3.63) is 65.6 Å². The number of hydrogen-bond acceptors (Lipinski definition) is 5. The van der Waals surface area contributed by atoms with Crippen LogP contribution in [0.2, 0.25) is 0 Å². The van der Waals surface area contributed by atoms with Gasteiger partial charge in [0.1, 0.15) is 12.1 Å². The van der Waals surface area contributed by atoms with Crippen LogP contribution in [0.4, 0.5) is 0 Å². The van der Waals surface area contributed by atoms with Gasteiger partial charge in [-0.05, 0) is 56.2 Å². The number of nitrogens with one attached hydrogen (secondary N) is 2. The Morgan fingerprint density at radius 3 is 2.50 bits per heavy atom. The fraction of sp³-hybridized carbons (Fsp3) is 0.500. The van der Waals surface area contributed by atoms with E-state index in [1.54, 1.807) is 24.3 Å². The zero-order chi connectivity index (χ0) is 25.9. The summed E-state index contributed by atoms with van der Waals surface area (Å²) in [6, 6.07) is 9.87. The van der Waals surface area contributed by atoms with Crippen LogP contribution >= 0.6 is 0 Å². The monoisotopic (exact) mass is 514 g/mol. The van der Waals surface area contributed by atoms with Crippen molar-refractivity contribution >= 4 is 21.8 Å². The molecule has 1 saturated carbocycles. The summed E-state index contributed by atoms with van der Waals surface area (Å²) in [5.41, 5.74) is 0.119. The smallest absolute Gasteiger partial charge is 0.243 e. The second-order valence-electron chi connectivity index (χ2n) is 10.2. The lowest BCUT2D eigenvalue weighted by atomic mass is 9.99. The molecular weight excluding hydrogens is 480 g/mol. The molecule has 0 bridgehead atoms.